The van der Waals surface area contributed by atoms with Crippen molar-refractivity contribution in [2.45, 2.75) is 13.3 Å². The number of benzene rings is 1. The zero-order valence-electron chi connectivity index (χ0n) is 13.3. The first kappa shape index (κ1) is 17.6. The Bertz CT molecular complexity index is 579. The molecule has 0 spiro atoms. The van der Waals surface area contributed by atoms with E-state index in [1.54, 1.807) is 30.2 Å². The van der Waals surface area contributed by atoms with Gasteiger partial charge in [-0.25, -0.2) is 0 Å². The highest BCUT2D eigenvalue weighted by Gasteiger charge is 2.33. The maximum atomic E-state index is 12.4. The van der Waals surface area contributed by atoms with Crippen molar-refractivity contribution < 1.29 is 19.1 Å². The summed E-state index contributed by atoms with van der Waals surface area (Å²) < 4.78 is 10.5. The molecule has 1 atom stereocenters. The van der Waals surface area contributed by atoms with E-state index in [2.05, 4.69) is 5.32 Å². The number of hydrogen-bond donors (Lipinski definition) is 1. The highest BCUT2D eigenvalue weighted by atomic mass is 35.5. The number of carbonyl (C=O) groups is 2. The van der Waals surface area contributed by atoms with Crippen LogP contribution in [-0.2, 0) is 14.3 Å². The lowest BCUT2D eigenvalue weighted by Crippen LogP contribution is -2.28. The summed E-state index contributed by atoms with van der Waals surface area (Å²) in [7, 11) is 1.58. The molecule has 0 unspecified atom stereocenters. The molecule has 2 amide bonds. The predicted octanol–water partition coefficient (Wildman–Crippen LogP) is 2.17. The van der Waals surface area contributed by atoms with Crippen molar-refractivity contribution in [1.29, 1.82) is 0 Å². The van der Waals surface area contributed by atoms with Gasteiger partial charge in [0, 0.05) is 26.6 Å². The number of halogens is 1. The summed E-state index contributed by atoms with van der Waals surface area (Å²) in [6, 6.07) is 5.15. The number of amides is 2. The van der Waals surface area contributed by atoms with Crippen LogP contribution >= 0.6 is 11.6 Å². The van der Waals surface area contributed by atoms with Gasteiger partial charge in [-0.3, -0.25) is 9.59 Å². The first-order valence-corrected chi connectivity index (χ1v) is 7.93. The van der Waals surface area contributed by atoms with E-state index < -0.39 is 0 Å². The summed E-state index contributed by atoms with van der Waals surface area (Å²) in [5.41, 5.74) is 0.501. The van der Waals surface area contributed by atoms with E-state index in [4.69, 9.17) is 21.1 Å². The molecule has 0 bridgehead atoms. The number of methoxy groups -OCH3 is 1. The molecule has 1 aromatic carbocycles. The molecule has 1 heterocycles. The van der Waals surface area contributed by atoms with Crippen LogP contribution in [0.3, 0.4) is 0 Å². The Hall–Kier alpha value is -1.79. The summed E-state index contributed by atoms with van der Waals surface area (Å²) in [5, 5.41) is 3.23. The third-order valence-corrected chi connectivity index (χ3v) is 4.02. The lowest BCUT2D eigenvalue weighted by molar-refractivity contribution is -0.128. The Morgan fingerprint density at radius 1 is 1.43 bits per heavy atom. The van der Waals surface area contributed by atoms with Gasteiger partial charge in [-0.1, -0.05) is 17.7 Å². The third kappa shape index (κ3) is 4.36. The average molecular weight is 341 g/mol. The number of ether oxygens (including phenoxy) is 2. The maximum Gasteiger partial charge on any atom is 0.229 e. The quantitative estimate of drug-likeness (QED) is 0.772. The van der Waals surface area contributed by atoms with Crippen molar-refractivity contribution in [2.24, 2.45) is 5.92 Å². The molecule has 1 fully saturated rings. The summed E-state index contributed by atoms with van der Waals surface area (Å²) in [5.74, 6) is -0.132. The Kier molecular flexibility index (Phi) is 6.24. The molecule has 7 heteroatoms. The van der Waals surface area contributed by atoms with Crippen molar-refractivity contribution in [1.82, 2.24) is 4.90 Å². The molecule has 1 aliphatic heterocycles. The van der Waals surface area contributed by atoms with Gasteiger partial charge in [-0.2, -0.15) is 0 Å². The molecule has 1 aromatic rings. The molecule has 1 saturated heterocycles. The van der Waals surface area contributed by atoms with E-state index in [-0.39, 0.29) is 24.2 Å². The molecular formula is C16H21ClN2O4. The Labute approximate surface area is 140 Å². The van der Waals surface area contributed by atoms with Gasteiger partial charge >= 0.3 is 0 Å². The smallest absolute Gasteiger partial charge is 0.229 e. The second-order valence-electron chi connectivity index (χ2n) is 5.28. The highest BCUT2D eigenvalue weighted by molar-refractivity contribution is 6.32. The number of nitrogens with zero attached hydrogens (tertiary/aromatic N) is 1. The largest absolute Gasteiger partial charge is 0.487 e. The number of nitrogens with one attached hydrogen (secondary N) is 1. The van der Waals surface area contributed by atoms with Gasteiger partial charge in [0.1, 0.15) is 6.61 Å². The van der Waals surface area contributed by atoms with Crippen LogP contribution in [0, 0.1) is 5.92 Å². The van der Waals surface area contributed by atoms with Gasteiger partial charge in [0.2, 0.25) is 11.8 Å². The third-order valence-electron chi connectivity index (χ3n) is 3.73. The van der Waals surface area contributed by atoms with Crippen LogP contribution in [-0.4, -0.2) is 50.1 Å². The maximum absolute atomic E-state index is 12.4. The van der Waals surface area contributed by atoms with Crippen molar-refractivity contribution >= 4 is 29.1 Å². The molecular weight excluding hydrogens is 320 g/mol. The Morgan fingerprint density at radius 2 is 2.22 bits per heavy atom. The lowest BCUT2D eigenvalue weighted by Gasteiger charge is -2.16. The second-order valence-corrected chi connectivity index (χ2v) is 5.69. The van der Waals surface area contributed by atoms with E-state index in [0.29, 0.717) is 42.8 Å². The van der Waals surface area contributed by atoms with Crippen LogP contribution < -0.4 is 10.1 Å². The number of anilines is 1. The van der Waals surface area contributed by atoms with E-state index in [0.717, 1.165) is 0 Å². The van der Waals surface area contributed by atoms with Gasteiger partial charge in [0.25, 0.3) is 0 Å². The second kappa shape index (κ2) is 8.17. The SMILES string of the molecule is CCN1C[C@H](C(=O)Nc2cccc(Cl)c2OCCOC)CC1=O. The average Bonchev–Trinajstić information content (AvgIpc) is 2.91. The van der Waals surface area contributed by atoms with Gasteiger partial charge < -0.3 is 19.7 Å². The van der Waals surface area contributed by atoms with Gasteiger partial charge in [0.05, 0.1) is 23.2 Å². The van der Waals surface area contributed by atoms with Gasteiger partial charge in [-0.15, -0.1) is 0 Å². The topological polar surface area (TPSA) is 67.9 Å². The Balaban J connectivity index is 2.06. The molecule has 0 saturated carbocycles. The molecule has 2 rings (SSSR count). The summed E-state index contributed by atoms with van der Waals surface area (Å²) >= 11 is 6.14. The standard InChI is InChI=1S/C16H21ClN2O4/c1-3-19-10-11(9-14(19)20)16(21)18-13-6-4-5-12(17)15(13)23-8-7-22-2/h4-6,11H,3,7-10H2,1-2H3,(H,18,21)/t11-/m1/s1. The highest BCUT2D eigenvalue weighted by Crippen LogP contribution is 2.33. The monoisotopic (exact) mass is 340 g/mol. The van der Waals surface area contributed by atoms with Crippen LogP contribution in [0.25, 0.3) is 0 Å². The minimum absolute atomic E-state index is 0.00955. The molecule has 1 N–H and O–H groups in total. The van der Waals surface area contributed by atoms with Crippen LogP contribution in [0.1, 0.15) is 13.3 Å². The molecule has 0 aromatic heterocycles. The van der Waals surface area contributed by atoms with Gasteiger partial charge in [0.15, 0.2) is 5.75 Å². The van der Waals surface area contributed by atoms with E-state index in [1.807, 2.05) is 6.92 Å². The fraction of sp³-hybridized carbons (Fsp3) is 0.500. The predicted molar refractivity (Wildman–Crippen MR) is 87.8 cm³/mol. The summed E-state index contributed by atoms with van der Waals surface area (Å²) in [6.07, 6.45) is 0.236. The Morgan fingerprint density at radius 3 is 2.87 bits per heavy atom. The zero-order chi connectivity index (χ0) is 16.8. The van der Waals surface area contributed by atoms with Crippen LogP contribution in [0.5, 0.6) is 5.75 Å². The van der Waals surface area contributed by atoms with Crippen molar-refractivity contribution in [3.63, 3.8) is 0 Å². The first-order valence-electron chi connectivity index (χ1n) is 7.55. The number of carbonyl (C=O) groups excluding carboxylic acids is 2. The first-order chi connectivity index (χ1) is 11.1. The molecule has 0 aliphatic carbocycles. The summed E-state index contributed by atoms with van der Waals surface area (Å²) in [6.45, 7) is 3.71. The number of rotatable bonds is 7. The van der Waals surface area contributed by atoms with E-state index >= 15 is 0 Å². The van der Waals surface area contributed by atoms with Crippen molar-refractivity contribution in [3.8, 4) is 5.75 Å². The van der Waals surface area contributed by atoms with Crippen molar-refractivity contribution in [3.05, 3.63) is 23.2 Å². The molecule has 1 aliphatic rings. The normalized spacial score (nSPS) is 17.4. The van der Waals surface area contributed by atoms with Crippen LogP contribution in [0.15, 0.2) is 18.2 Å². The lowest BCUT2D eigenvalue weighted by atomic mass is 10.1. The van der Waals surface area contributed by atoms with Crippen LogP contribution in [0.2, 0.25) is 5.02 Å². The number of likely N-dealkylation sites (tertiary alicyclic amines) is 1. The van der Waals surface area contributed by atoms with Crippen molar-refractivity contribution in [2.75, 3.05) is 38.7 Å². The van der Waals surface area contributed by atoms with E-state index in [1.165, 1.54) is 0 Å². The zero-order valence-corrected chi connectivity index (χ0v) is 14.1. The molecule has 23 heavy (non-hydrogen) atoms. The summed E-state index contributed by atoms with van der Waals surface area (Å²) in [4.78, 5) is 25.8. The number of hydrogen-bond acceptors (Lipinski definition) is 4. The fourth-order valence-corrected chi connectivity index (χ4v) is 2.70. The molecule has 126 valence electrons. The fourth-order valence-electron chi connectivity index (χ4n) is 2.47. The van der Waals surface area contributed by atoms with E-state index in [9.17, 15) is 9.59 Å². The minimum atomic E-state index is -0.353. The van der Waals surface area contributed by atoms with Crippen LogP contribution in [0.4, 0.5) is 5.69 Å². The molecule has 6 nitrogen and oxygen atoms in total. The molecule has 0 radical (unpaired) electrons. The number of para-hydroxylation sites is 1. The van der Waals surface area contributed by atoms with Gasteiger partial charge in [-0.05, 0) is 19.1 Å². The minimum Gasteiger partial charge on any atom is -0.487 e.